The van der Waals surface area contributed by atoms with Crippen LogP contribution in [0.15, 0.2) is 48.7 Å². The third-order valence-electron chi connectivity index (χ3n) is 8.15. The quantitative estimate of drug-likeness (QED) is 0.273. The molecular formula is C27H34N2O8. The van der Waals surface area contributed by atoms with Gasteiger partial charge in [-0.1, -0.05) is 24.3 Å². The molecule has 37 heavy (non-hydrogen) atoms. The van der Waals surface area contributed by atoms with Gasteiger partial charge in [-0.2, -0.15) is 0 Å². The normalized spacial score (nSPS) is 32.3. The maximum Gasteiger partial charge on any atom is 0.335 e. The molecule has 10 nitrogen and oxygen atoms in total. The van der Waals surface area contributed by atoms with E-state index < -0.39 is 43.2 Å². The molecule has 1 saturated heterocycles. The Morgan fingerprint density at radius 3 is 2.65 bits per heavy atom. The van der Waals surface area contributed by atoms with Gasteiger partial charge in [-0.15, -0.1) is 6.58 Å². The van der Waals surface area contributed by atoms with Gasteiger partial charge in [0.15, 0.2) is 6.23 Å². The second-order valence-corrected chi connectivity index (χ2v) is 9.97. The molecule has 1 aromatic carbocycles. The van der Waals surface area contributed by atoms with E-state index in [1.54, 1.807) is 12.3 Å². The first kappa shape index (κ1) is 25.9. The van der Waals surface area contributed by atoms with Crippen LogP contribution in [0.25, 0.3) is 10.9 Å². The molecule has 4 heterocycles. The van der Waals surface area contributed by atoms with Crippen molar-refractivity contribution < 1.29 is 39.8 Å². The number of benzene rings is 1. The van der Waals surface area contributed by atoms with Crippen molar-refractivity contribution in [2.75, 3.05) is 26.9 Å². The van der Waals surface area contributed by atoms with Gasteiger partial charge in [-0.05, 0) is 24.5 Å². The van der Waals surface area contributed by atoms with E-state index in [4.69, 9.17) is 9.47 Å². The molecule has 0 bridgehead atoms. The number of aliphatic hydroxyl groups is 5. The van der Waals surface area contributed by atoms with Gasteiger partial charge in [0.2, 0.25) is 0 Å². The van der Waals surface area contributed by atoms with Gasteiger partial charge in [0.25, 0.3) is 0 Å². The number of methoxy groups -OCH3 is 1. The zero-order chi connectivity index (χ0) is 26.4. The number of carbonyl (C=O) groups excluding carboxylic acids is 1. The van der Waals surface area contributed by atoms with Crippen LogP contribution in [0.1, 0.15) is 29.9 Å². The van der Waals surface area contributed by atoms with Crippen molar-refractivity contribution in [3.05, 3.63) is 60.0 Å². The topological polar surface area (TPSA) is 145 Å². The number of nitrogens with zero attached hydrogens (tertiary/aromatic N) is 2. The lowest BCUT2D eigenvalue weighted by atomic mass is 9.77. The van der Waals surface area contributed by atoms with Crippen molar-refractivity contribution in [2.45, 2.75) is 49.5 Å². The number of hydrogen-bond donors (Lipinski definition) is 5. The van der Waals surface area contributed by atoms with Gasteiger partial charge in [0, 0.05) is 42.3 Å². The minimum absolute atomic E-state index is 0.183. The molecule has 200 valence electrons. The summed E-state index contributed by atoms with van der Waals surface area (Å²) in [4.78, 5) is 14.8. The molecule has 5 N–H and O–H groups in total. The van der Waals surface area contributed by atoms with Crippen molar-refractivity contribution in [3.63, 3.8) is 0 Å². The maximum atomic E-state index is 12.7. The van der Waals surface area contributed by atoms with Crippen LogP contribution in [0.5, 0.6) is 0 Å². The summed E-state index contributed by atoms with van der Waals surface area (Å²) in [6.45, 7) is 3.79. The number of aliphatic hydroxyl groups excluding tert-OH is 5. The maximum absolute atomic E-state index is 12.7. The number of carbonyl (C=O) groups is 1. The Morgan fingerprint density at radius 1 is 1.22 bits per heavy atom. The predicted octanol–water partition coefficient (Wildman–Crippen LogP) is 0.384. The van der Waals surface area contributed by atoms with Crippen LogP contribution in [0.3, 0.4) is 0 Å². The van der Waals surface area contributed by atoms with Crippen molar-refractivity contribution >= 4 is 16.9 Å². The molecule has 8 atom stereocenters. The Morgan fingerprint density at radius 2 is 1.97 bits per heavy atom. The summed E-state index contributed by atoms with van der Waals surface area (Å²) >= 11 is 0. The van der Waals surface area contributed by atoms with Gasteiger partial charge in [-0.3, -0.25) is 0 Å². The highest BCUT2D eigenvalue weighted by molar-refractivity contribution is 5.89. The van der Waals surface area contributed by atoms with Gasteiger partial charge < -0.3 is 44.5 Å². The molecule has 2 aromatic rings. The minimum atomic E-state index is -1.52. The fourth-order valence-corrected chi connectivity index (χ4v) is 6.24. The van der Waals surface area contributed by atoms with E-state index in [0.717, 1.165) is 22.2 Å². The smallest absolute Gasteiger partial charge is 0.335 e. The summed E-state index contributed by atoms with van der Waals surface area (Å²) in [6, 6.07) is 7.49. The largest absolute Gasteiger partial charge is 0.466 e. The zero-order valence-electron chi connectivity index (χ0n) is 20.7. The zero-order valence-corrected chi connectivity index (χ0v) is 20.7. The molecule has 5 rings (SSSR count). The van der Waals surface area contributed by atoms with E-state index in [9.17, 15) is 30.3 Å². The number of fused-ring (bicyclic) bond motifs is 5. The fourth-order valence-electron chi connectivity index (χ4n) is 6.24. The summed E-state index contributed by atoms with van der Waals surface area (Å²) in [7, 11) is 1.33. The van der Waals surface area contributed by atoms with Gasteiger partial charge in [-0.25, -0.2) is 4.79 Å². The van der Waals surface area contributed by atoms with Crippen LogP contribution >= 0.6 is 0 Å². The molecule has 1 fully saturated rings. The third kappa shape index (κ3) is 4.08. The Balaban J connectivity index is 1.68. The van der Waals surface area contributed by atoms with Crippen LogP contribution in [0, 0.1) is 11.8 Å². The monoisotopic (exact) mass is 514 g/mol. The van der Waals surface area contributed by atoms with E-state index in [1.165, 1.54) is 7.11 Å². The predicted molar refractivity (Wildman–Crippen MR) is 133 cm³/mol. The lowest BCUT2D eigenvalue weighted by Crippen LogP contribution is -2.56. The number of hydrogen-bond acceptors (Lipinski definition) is 9. The molecular weight excluding hydrogens is 480 g/mol. The highest BCUT2D eigenvalue weighted by atomic mass is 16.6. The molecule has 0 aliphatic carbocycles. The molecule has 0 spiro atoms. The van der Waals surface area contributed by atoms with E-state index in [-0.39, 0.29) is 24.5 Å². The summed E-state index contributed by atoms with van der Waals surface area (Å²) in [5.74, 6) is -1.18. The van der Waals surface area contributed by atoms with Crippen LogP contribution in [-0.2, 0) is 20.7 Å². The first-order chi connectivity index (χ1) is 17.9. The van der Waals surface area contributed by atoms with Crippen molar-refractivity contribution in [1.29, 1.82) is 0 Å². The molecule has 3 aliphatic rings. The number of esters is 1. The van der Waals surface area contributed by atoms with E-state index in [0.29, 0.717) is 25.0 Å². The average Bonchev–Trinajstić information content (AvgIpc) is 3.26. The third-order valence-corrected chi connectivity index (χ3v) is 8.15. The molecule has 0 amide bonds. The Kier molecular flexibility index (Phi) is 7.14. The van der Waals surface area contributed by atoms with E-state index in [1.807, 2.05) is 28.8 Å². The van der Waals surface area contributed by atoms with Crippen LogP contribution in [0.2, 0.25) is 0 Å². The van der Waals surface area contributed by atoms with E-state index >= 15 is 0 Å². The fraction of sp³-hybridized carbons (Fsp3) is 0.519. The number of ether oxygens (including phenoxy) is 2. The molecule has 10 heteroatoms. The average molecular weight is 515 g/mol. The van der Waals surface area contributed by atoms with Crippen molar-refractivity contribution in [1.82, 2.24) is 9.47 Å². The summed E-state index contributed by atoms with van der Waals surface area (Å²) in [6.07, 6.45) is -1.97. The first-order valence-electron chi connectivity index (χ1n) is 12.6. The summed E-state index contributed by atoms with van der Waals surface area (Å²) < 4.78 is 12.9. The Labute approximate surface area is 214 Å². The van der Waals surface area contributed by atoms with Gasteiger partial charge in [0.1, 0.15) is 24.4 Å². The highest BCUT2D eigenvalue weighted by Gasteiger charge is 2.48. The Bertz CT molecular complexity index is 1210. The van der Waals surface area contributed by atoms with Crippen LogP contribution in [-0.4, -0.2) is 92.3 Å². The number of para-hydroxylation sites is 1. The lowest BCUT2D eigenvalue weighted by molar-refractivity contribution is -0.251. The molecule has 3 aliphatic heterocycles. The lowest BCUT2D eigenvalue weighted by Gasteiger charge is -2.46. The molecule has 0 radical (unpaired) electrons. The second-order valence-electron chi connectivity index (χ2n) is 9.97. The van der Waals surface area contributed by atoms with Crippen molar-refractivity contribution in [3.8, 4) is 0 Å². The SMILES string of the molecule is C=CC(CO)C1CC2c3c(c4ccccc4n3C3OC(CO)C(O)C(O)C3O)CCN2C=C1C(=O)OC. The van der Waals surface area contributed by atoms with Gasteiger partial charge >= 0.3 is 5.97 Å². The Hall–Kier alpha value is -2.73. The van der Waals surface area contributed by atoms with Crippen LogP contribution < -0.4 is 0 Å². The van der Waals surface area contributed by atoms with E-state index in [2.05, 4.69) is 11.5 Å². The highest BCUT2D eigenvalue weighted by Crippen LogP contribution is 2.48. The number of rotatable bonds is 6. The first-order valence-corrected chi connectivity index (χ1v) is 12.6. The molecule has 0 saturated carbocycles. The van der Waals surface area contributed by atoms with Crippen molar-refractivity contribution in [2.24, 2.45) is 11.8 Å². The summed E-state index contributed by atoms with van der Waals surface area (Å²) in [5.41, 5.74) is 3.20. The second kappa shape index (κ2) is 10.2. The summed E-state index contributed by atoms with van der Waals surface area (Å²) in [5, 5.41) is 52.8. The van der Waals surface area contributed by atoms with Crippen LogP contribution in [0.4, 0.5) is 0 Å². The minimum Gasteiger partial charge on any atom is -0.466 e. The molecule has 1 aromatic heterocycles. The molecule has 8 unspecified atom stereocenters. The standard InChI is InChI=1S/C27H34N2O8/c1-3-14(12-30)17-10-20-22-16(8-9-28(20)11-18(17)27(35)36-2)15-6-4-5-7-19(15)29(22)26-25(34)24(33)23(32)21(13-31)37-26/h3-7,11,14,17,20-21,23-26,30-34H,1,8-10,12-13H2,2H3. The number of aromatic nitrogens is 1. The van der Waals surface area contributed by atoms with Gasteiger partial charge in [0.05, 0.1) is 30.8 Å².